The van der Waals surface area contributed by atoms with Gasteiger partial charge in [-0.1, -0.05) is 0 Å². The summed E-state index contributed by atoms with van der Waals surface area (Å²) in [4.78, 5) is 2.52. The number of aromatic nitrogens is 2. The fourth-order valence-electron chi connectivity index (χ4n) is 2.80. The maximum atomic E-state index is 5.98. The Morgan fingerprint density at radius 2 is 2.00 bits per heavy atom. The van der Waals surface area contributed by atoms with Gasteiger partial charge in [-0.05, 0) is 58.7 Å². The summed E-state index contributed by atoms with van der Waals surface area (Å²) >= 11 is 0. The molecule has 2 N–H and O–H groups in total. The van der Waals surface area contributed by atoms with Crippen LogP contribution in [0.25, 0.3) is 0 Å². The summed E-state index contributed by atoms with van der Waals surface area (Å²) in [7, 11) is 0. The summed E-state index contributed by atoms with van der Waals surface area (Å²) in [6.07, 6.45) is 4.37. The molecule has 102 valence electrons. The van der Waals surface area contributed by atoms with Gasteiger partial charge in [0.25, 0.3) is 0 Å². The van der Waals surface area contributed by atoms with Gasteiger partial charge in [-0.15, -0.1) is 0 Å². The zero-order valence-electron chi connectivity index (χ0n) is 11.8. The molecule has 1 aliphatic rings. The van der Waals surface area contributed by atoms with Gasteiger partial charge in [0.05, 0.1) is 5.69 Å². The maximum Gasteiger partial charge on any atom is 0.0527 e. The normalized spacial score (nSPS) is 20.5. The second kappa shape index (κ2) is 5.85. The first-order valence-corrected chi connectivity index (χ1v) is 7.08. The minimum atomic E-state index is 0.341. The molecule has 1 saturated heterocycles. The van der Waals surface area contributed by atoms with Crippen molar-refractivity contribution in [3.63, 3.8) is 0 Å². The van der Waals surface area contributed by atoms with Crippen LogP contribution in [0, 0.1) is 5.92 Å². The van der Waals surface area contributed by atoms with E-state index in [0.717, 1.165) is 19.6 Å². The predicted octanol–water partition coefficient (Wildman–Crippen LogP) is 2.02. The number of nitrogens with two attached hydrogens (primary N) is 1. The van der Waals surface area contributed by atoms with Gasteiger partial charge in [-0.25, -0.2) is 0 Å². The summed E-state index contributed by atoms with van der Waals surface area (Å²) < 4.78 is 2.12. The molecule has 0 saturated carbocycles. The minimum Gasteiger partial charge on any atom is -0.328 e. The first-order chi connectivity index (χ1) is 8.58. The first kappa shape index (κ1) is 13.6. The van der Waals surface area contributed by atoms with E-state index in [-0.39, 0.29) is 0 Å². The summed E-state index contributed by atoms with van der Waals surface area (Å²) in [5, 5.41) is 4.39. The molecule has 18 heavy (non-hydrogen) atoms. The maximum absolute atomic E-state index is 5.98. The van der Waals surface area contributed by atoms with Gasteiger partial charge in [-0.2, -0.15) is 5.10 Å². The van der Waals surface area contributed by atoms with Crippen LogP contribution < -0.4 is 5.73 Å². The van der Waals surface area contributed by atoms with Crippen LogP contribution in [0.2, 0.25) is 0 Å². The lowest BCUT2D eigenvalue weighted by Gasteiger charge is -2.33. The summed E-state index contributed by atoms with van der Waals surface area (Å²) in [5.41, 5.74) is 7.30. The second-order valence-electron chi connectivity index (χ2n) is 5.83. The van der Waals surface area contributed by atoms with E-state index in [2.05, 4.69) is 41.5 Å². The Hall–Kier alpha value is -0.870. The van der Waals surface area contributed by atoms with Crippen LogP contribution in [-0.2, 0) is 6.54 Å². The van der Waals surface area contributed by atoms with Gasteiger partial charge in [0, 0.05) is 24.8 Å². The van der Waals surface area contributed by atoms with Gasteiger partial charge >= 0.3 is 0 Å². The van der Waals surface area contributed by atoms with Gasteiger partial charge in [-0.3, -0.25) is 9.58 Å². The standard InChI is InChI=1S/C14H26N4/c1-11(2)18-14(4-7-16-18)10-17-8-5-13(6-9-17)12(3)15/h4,7,11-13H,5-6,8-10,15H2,1-3H3. The Morgan fingerprint density at radius 3 is 2.56 bits per heavy atom. The summed E-state index contributed by atoms with van der Waals surface area (Å²) in [5.74, 6) is 0.705. The number of hydrogen-bond acceptors (Lipinski definition) is 3. The van der Waals surface area contributed by atoms with E-state index in [1.54, 1.807) is 0 Å². The van der Waals surface area contributed by atoms with Gasteiger partial charge in [0.2, 0.25) is 0 Å². The molecule has 0 spiro atoms. The van der Waals surface area contributed by atoms with Crippen molar-refractivity contribution in [3.05, 3.63) is 18.0 Å². The number of hydrogen-bond donors (Lipinski definition) is 1. The van der Waals surface area contributed by atoms with Crippen molar-refractivity contribution in [2.45, 2.75) is 52.2 Å². The second-order valence-corrected chi connectivity index (χ2v) is 5.83. The third-order valence-corrected chi connectivity index (χ3v) is 4.00. The van der Waals surface area contributed by atoms with Crippen LogP contribution in [-0.4, -0.2) is 33.8 Å². The highest BCUT2D eigenvalue weighted by Crippen LogP contribution is 2.21. The smallest absolute Gasteiger partial charge is 0.0527 e. The molecule has 0 bridgehead atoms. The molecular formula is C14H26N4. The molecule has 1 unspecified atom stereocenters. The molecule has 0 amide bonds. The number of rotatable bonds is 4. The zero-order chi connectivity index (χ0) is 13.1. The van der Waals surface area contributed by atoms with Crippen molar-refractivity contribution >= 4 is 0 Å². The van der Waals surface area contributed by atoms with Crippen LogP contribution >= 0.6 is 0 Å². The Labute approximate surface area is 110 Å². The van der Waals surface area contributed by atoms with E-state index in [1.165, 1.54) is 18.5 Å². The van der Waals surface area contributed by atoms with Crippen LogP contribution in [0.3, 0.4) is 0 Å². The molecule has 4 nitrogen and oxygen atoms in total. The molecule has 1 fully saturated rings. The van der Waals surface area contributed by atoms with Crippen molar-refractivity contribution < 1.29 is 0 Å². The summed E-state index contributed by atoms with van der Waals surface area (Å²) in [6.45, 7) is 9.83. The summed E-state index contributed by atoms with van der Waals surface area (Å²) in [6, 6.07) is 2.92. The lowest BCUT2D eigenvalue weighted by molar-refractivity contribution is 0.161. The lowest BCUT2D eigenvalue weighted by atomic mass is 9.91. The molecule has 2 heterocycles. The Bertz CT molecular complexity index is 362. The first-order valence-electron chi connectivity index (χ1n) is 7.08. The number of likely N-dealkylation sites (tertiary alicyclic amines) is 1. The van der Waals surface area contributed by atoms with Gasteiger partial charge < -0.3 is 5.73 Å². The fourth-order valence-corrected chi connectivity index (χ4v) is 2.80. The highest BCUT2D eigenvalue weighted by Gasteiger charge is 2.22. The largest absolute Gasteiger partial charge is 0.328 e. The molecule has 0 aliphatic carbocycles. The molecular weight excluding hydrogens is 224 g/mol. The Kier molecular flexibility index (Phi) is 4.40. The van der Waals surface area contributed by atoms with E-state index in [0.29, 0.717) is 18.0 Å². The van der Waals surface area contributed by atoms with E-state index in [4.69, 9.17) is 5.73 Å². The van der Waals surface area contributed by atoms with Crippen molar-refractivity contribution in [2.75, 3.05) is 13.1 Å². The minimum absolute atomic E-state index is 0.341. The van der Waals surface area contributed by atoms with E-state index in [9.17, 15) is 0 Å². The van der Waals surface area contributed by atoms with Gasteiger partial charge in [0.15, 0.2) is 0 Å². The number of piperidine rings is 1. The molecule has 0 aromatic carbocycles. The van der Waals surface area contributed by atoms with Gasteiger partial charge in [0.1, 0.15) is 0 Å². The van der Waals surface area contributed by atoms with Crippen molar-refractivity contribution in [1.29, 1.82) is 0 Å². The molecule has 4 heteroatoms. The lowest BCUT2D eigenvalue weighted by Crippen LogP contribution is -2.39. The molecule has 1 aromatic heterocycles. The molecule has 1 aromatic rings. The van der Waals surface area contributed by atoms with Crippen molar-refractivity contribution in [3.8, 4) is 0 Å². The fraction of sp³-hybridized carbons (Fsp3) is 0.786. The SMILES string of the molecule is CC(N)C1CCN(Cc2ccnn2C(C)C)CC1. The Balaban J connectivity index is 1.90. The van der Waals surface area contributed by atoms with E-state index >= 15 is 0 Å². The average molecular weight is 250 g/mol. The Morgan fingerprint density at radius 1 is 1.33 bits per heavy atom. The topological polar surface area (TPSA) is 47.1 Å². The highest BCUT2D eigenvalue weighted by molar-refractivity contribution is 5.02. The van der Waals surface area contributed by atoms with Crippen molar-refractivity contribution in [1.82, 2.24) is 14.7 Å². The third kappa shape index (κ3) is 3.12. The average Bonchev–Trinajstić information content (AvgIpc) is 2.78. The van der Waals surface area contributed by atoms with Crippen LogP contribution in [0.15, 0.2) is 12.3 Å². The van der Waals surface area contributed by atoms with Crippen LogP contribution in [0.5, 0.6) is 0 Å². The van der Waals surface area contributed by atoms with E-state index in [1.807, 2.05) is 6.20 Å². The molecule has 2 rings (SSSR count). The van der Waals surface area contributed by atoms with Crippen LogP contribution in [0.1, 0.15) is 45.3 Å². The van der Waals surface area contributed by atoms with E-state index < -0.39 is 0 Å². The predicted molar refractivity (Wildman–Crippen MR) is 74.3 cm³/mol. The molecule has 1 atom stereocenters. The molecule has 1 aliphatic heterocycles. The van der Waals surface area contributed by atoms with Crippen LogP contribution in [0.4, 0.5) is 0 Å². The monoisotopic (exact) mass is 250 g/mol. The quantitative estimate of drug-likeness (QED) is 0.889. The molecule has 0 radical (unpaired) electrons. The van der Waals surface area contributed by atoms with Crippen molar-refractivity contribution in [2.24, 2.45) is 11.7 Å². The zero-order valence-corrected chi connectivity index (χ0v) is 11.8. The highest BCUT2D eigenvalue weighted by atomic mass is 15.3. The number of nitrogens with zero attached hydrogens (tertiary/aromatic N) is 3. The third-order valence-electron chi connectivity index (χ3n) is 4.00.